The molecule has 12 aromatic rings. The van der Waals surface area contributed by atoms with Crippen molar-refractivity contribution in [2.45, 2.75) is 5.41 Å². The van der Waals surface area contributed by atoms with Crippen molar-refractivity contribution in [2.24, 2.45) is 0 Å². The highest BCUT2D eigenvalue weighted by atomic mass is 14.5. The molecule has 0 bridgehead atoms. The van der Waals surface area contributed by atoms with E-state index in [4.69, 9.17) is 0 Å². The molecule has 0 fully saturated rings. The molecule has 0 amide bonds. The highest BCUT2D eigenvalue weighted by Gasteiger charge is 2.51. The SMILES string of the molecule is c1ccc2c(c1)-c1ccccc1C21c2cc(-c3cc4ccc5cccc6ccc(c3)c4c56)ccc2-c2ccc(-c3cc4ccc5cccc6ccc(c3)c4c56)cc21. The molecule has 12 aromatic carbocycles. The molecule has 0 heterocycles. The van der Waals surface area contributed by atoms with Crippen LogP contribution in [-0.4, -0.2) is 0 Å². The van der Waals surface area contributed by atoms with Gasteiger partial charge in [0, 0.05) is 0 Å². The van der Waals surface area contributed by atoms with Gasteiger partial charge in [0.05, 0.1) is 5.41 Å². The third-order valence-corrected chi connectivity index (χ3v) is 13.7. The van der Waals surface area contributed by atoms with Crippen molar-refractivity contribution in [2.75, 3.05) is 0 Å². The van der Waals surface area contributed by atoms with E-state index in [0.29, 0.717) is 0 Å². The molecule has 0 atom stereocenters. The first-order valence-corrected chi connectivity index (χ1v) is 20.1. The molecule has 0 aromatic heterocycles. The minimum Gasteiger partial charge on any atom is -0.0619 e. The van der Waals surface area contributed by atoms with Gasteiger partial charge in [0.25, 0.3) is 0 Å². The van der Waals surface area contributed by atoms with E-state index in [9.17, 15) is 0 Å². The Hall–Kier alpha value is -7.28. The van der Waals surface area contributed by atoms with Gasteiger partial charge in [0.2, 0.25) is 0 Å². The second-order valence-electron chi connectivity index (χ2n) is 16.4. The molecule has 0 N–H and O–H groups in total. The van der Waals surface area contributed by atoms with Crippen molar-refractivity contribution in [1.82, 2.24) is 0 Å². The summed E-state index contributed by atoms with van der Waals surface area (Å²) in [6.07, 6.45) is 0. The maximum atomic E-state index is 2.52. The lowest BCUT2D eigenvalue weighted by molar-refractivity contribution is 0.794. The van der Waals surface area contributed by atoms with Crippen molar-refractivity contribution in [3.63, 3.8) is 0 Å². The van der Waals surface area contributed by atoms with Gasteiger partial charge >= 0.3 is 0 Å². The summed E-state index contributed by atoms with van der Waals surface area (Å²) in [7, 11) is 0. The summed E-state index contributed by atoms with van der Waals surface area (Å²) in [5, 5.41) is 15.8. The standard InChI is InChI=1S/C57H32/c1-3-13-49-45(11-1)46-12-2-4-14-50(46)57(49)51-31-37(43-27-39-19-15-33-7-5-8-34-16-20-40(28-43)55(39)53(33)34)23-25-47(51)48-26-24-38(32-52(48)57)44-29-41-21-17-35-9-6-10-36-18-22-42(30-44)56(41)54(35)36/h1-32H. The highest BCUT2D eigenvalue weighted by Crippen LogP contribution is 2.63. The molecular weight excluding hydrogens is 685 g/mol. The largest absolute Gasteiger partial charge is 0.0725 e. The molecule has 1 spiro atoms. The van der Waals surface area contributed by atoms with E-state index >= 15 is 0 Å². The highest BCUT2D eigenvalue weighted by molar-refractivity contribution is 6.25. The summed E-state index contributed by atoms with van der Waals surface area (Å²) < 4.78 is 0. The van der Waals surface area contributed by atoms with Crippen LogP contribution in [0.1, 0.15) is 22.3 Å². The molecule has 0 saturated carbocycles. The summed E-state index contributed by atoms with van der Waals surface area (Å²) in [4.78, 5) is 0. The monoisotopic (exact) mass is 716 g/mol. The summed E-state index contributed by atoms with van der Waals surface area (Å²) in [5.41, 5.74) is 15.3. The lowest BCUT2D eigenvalue weighted by Crippen LogP contribution is -2.26. The van der Waals surface area contributed by atoms with Gasteiger partial charge in [-0.2, -0.15) is 0 Å². The zero-order valence-corrected chi connectivity index (χ0v) is 31.0. The first kappa shape index (κ1) is 30.0. The van der Waals surface area contributed by atoms with Gasteiger partial charge in [-0.05, 0) is 168 Å². The van der Waals surface area contributed by atoms with Crippen molar-refractivity contribution < 1.29 is 0 Å². The fraction of sp³-hybridized carbons (Fsp3) is 0.0175. The average Bonchev–Trinajstić information content (AvgIpc) is 3.74. The van der Waals surface area contributed by atoms with Crippen LogP contribution in [0.4, 0.5) is 0 Å². The van der Waals surface area contributed by atoms with Gasteiger partial charge in [-0.25, -0.2) is 0 Å². The Morgan fingerprint density at radius 2 is 0.544 bits per heavy atom. The molecule has 0 aliphatic heterocycles. The van der Waals surface area contributed by atoms with Gasteiger partial charge in [0.1, 0.15) is 0 Å². The summed E-state index contributed by atoms with van der Waals surface area (Å²) in [5.74, 6) is 0. The molecule has 14 rings (SSSR count). The Morgan fingerprint density at radius 3 is 0.947 bits per heavy atom. The quantitative estimate of drug-likeness (QED) is 0.156. The first-order valence-electron chi connectivity index (χ1n) is 20.1. The first-order chi connectivity index (χ1) is 28.2. The van der Waals surface area contributed by atoms with Gasteiger partial charge in [0.15, 0.2) is 0 Å². The Morgan fingerprint density at radius 1 is 0.211 bits per heavy atom. The molecule has 57 heavy (non-hydrogen) atoms. The molecular formula is C57H32. The topological polar surface area (TPSA) is 0 Å². The van der Waals surface area contributed by atoms with Crippen LogP contribution in [0.25, 0.3) is 109 Å². The second kappa shape index (κ2) is 10.5. The fourth-order valence-corrected chi connectivity index (χ4v) is 11.3. The van der Waals surface area contributed by atoms with E-state index in [1.165, 1.54) is 131 Å². The van der Waals surface area contributed by atoms with Gasteiger partial charge in [-0.15, -0.1) is 0 Å². The van der Waals surface area contributed by atoms with E-state index in [-0.39, 0.29) is 0 Å². The maximum Gasteiger partial charge on any atom is 0.0725 e. The number of hydrogen-bond donors (Lipinski definition) is 0. The molecule has 0 heteroatoms. The lowest BCUT2D eigenvalue weighted by Gasteiger charge is -2.31. The lowest BCUT2D eigenvalue weighted by atomic mass is 9.70. The third-order valence-electron chi connectivity index (χ3n) is 13.7. The zero-order chi connectivity index (χ0) is 37.0. The Bertz CT molecular complexity index is 3320. The Labute approximate surface area is 329 Å². The predicted molar refractivity (Wildman–Crippen MR) is 241 cm³/mol. The fourth-order valence-electron chi connectivity index (χ4n) is 11.3. The summed E-state index contributed by atoms with van der Waals surface area (Å²) >= 11 is 0. The van der Waals surface area contributed by atoms with Crippen LogP contribution < -0.4 is 0 Å². The number of benzene rings is 12. The number of hydrogen-bond acceptors (Lipinski definition) is 0. The molecule has 0 radical (unpaired) electrons. The van der Waals surface area contributed by atoms with Crippen molar-refractivity contribution >= 4 is 64.6 Å². The molecule has 2 aliphatic carbocycles. The second-order valence-corrected chi connectivity index (χ2v) is 16.4. The van der Waals surface area contributed by atoms with Crippen LogP contribution in [0.2, 0.25) is 0 Å². The maximum absolute atomic E-state index is 2.52. The minimum atomic E-state index is -0.448. The number of fused-ring (bicyclic) bond motifs is 10. The minimum absolute atomic E-state index is 0.448. The van der Waals surface area contributed by atoms with E-state index < -0.39 is 5.41 Å². The van der Waals surface area contributed by atoms with Gasteiger partial charge in [-0.1, -0.05) is 158 Å². The zero-order valence-electron chi connectivity index (χ0n) is 31.0. The van der Waals surface area contributed by atoms with E-state index in [2.05, 4.69) is 194 Å². The molecule has 260 valence electrons. The molecule has 0 saturated heterocycles. The molecule has 0 unspecified atom stereocenters. The van der Waals surface area contributed by atoms with Crippen LogP contribution in [0, 0.1) is 0 Å². The van der Waals surface area contributed by atoms with Crippen LogP contribution in [0.5, 0.6) is 0 Å². The average molecular weight is 717 g/mol. The van der Waals surface area contributed by atoms with E-state index in [1.807, 2.05) is 0 Å². The third kappa shape index (κ3) is 3.74. The van der Waals surface area contributed by atoms with Crippen LogP contribution in [0.3, 0.4) is 0 Å². The predicted octanol–water partition coefficient (Wildman–Crippen LogP) is 15.2. The Kier molecular flexibility index (Phi) is 5.53. The summed E-state index contributed by atoms with van der Waals surface area (Å²) in [6, 6.07) is 74.1. The Balaban J connectivity index is 1.02. The molecule has 0 nitrogen and oxygen atoms in total. The summed E-state index contributed by atoms with van der Waals surface area (Å²) in [6.45, 7) is 0. The van der Waals surface area contributed by atoms with Crippen LogP contribution >= 0.6 is 0 Å². The smallest absolute Gasteiger partial charge is 0.0619 e. The number of rotatable bonds is 2. The van der Waals surface area contributed by atoms with Crippen molar-refractivity contribution in [3.05, 3.63) is 216 Å². The van der Waals surface area contributed by atoms with Crippen LogP contribution in [-0.2, 0) is 5.41 Å². The van der Waals surface area contributed by atoms with Crippen molar-refractivity contribution in [1.29, 1.82) is 0 Å². The van der Waals surface area contributed by atoms with Gasteiger partial charge < -0.3 is 0 Å². The van der Waals surface area contributed by atoms with Gasteiger partial charge in [-0.3, -0.25) is 0 Å². The van der Waals surface area contributed by atoms with Crippen molar-refractivity contribution in [3.8, 4) is 44.5 Å². The normalized spacial score (nSPS) is 13.8. The van der Waals surface area contributed by atoms with E-state index in [0.717, 1.165) is 0 Å². The molecule has 2 aliphatic rings. The van der Waals surface area contributed by atoms with Crippen LogP contribution in [0.15, 0.2) is 194 Å². The van der Waals surface area contributed by atoms with E-state index in [1.54, 1.807) is 0 Å².